The van der Waals surface area contributed by atoms with Crippen molar-refractivity contribution < 1.29 is 67.9 Å². The molecule has 0 saturated carbocycles. The summed E-state index contributed by atoms with van der Waals surface area (Å²) in [6.07, 6.45) is 0. The van der Waals surface area contributed by atoms with Gasteiger partial charge in [-0.1, -0.05) is 60.7 Å². The topological polar surface area (TPSA) is 189 Å². The molecule has 0 spiro atoms. The summed E-state index contributed by atoms with van der Waals surface area (Å²) >= 11 is 0. The van der Waals surface area contributed by atoms with Crippen LogP contribution in [0.4, 0.5) is 0 Å². The maximum absolute atomic E-state index is 11.6. The Morgan fingerprint density at radius 2 is 0.575 bits per heavy atom. The monoisotopic (exact) mass is 1090 g/mol. The van der Waals surface area contributed by atoms with Crippen molar-refractivity contribution in [1.29, 1.82) is 0 Å². The van der Waals surface area contributed by atoms with Gasteiger partial charge in [-0.15, -0.1) is 0 Å². The number of benzene rings is 7. The average molecular weight is 1090 g/mol. The highest BCUT2D eigenvalue weighted by atomic mass is 16.6. The number of aromatic carboxylic acids is 2. The number of ether oxygens (including phenoxy) is 8. The lowest BCUT2D eigenvalue weighted by atomic mass is 9.86. The molecule has 0 aliphatic carbocycles. The molecule has 80 heavy (non-hydrogen) atoms. The lowest BCUT2D eigenvalue weighted by Crippen LogP contribution is -2.13. The first-order chi connectivity index (χ1) is 38.4. The van der Waals surface area contributed by atoms with Gasteiger partial charge in [-0.25, -0.2) is 9.59 Å². The van der Waals surface area contributed by atoms with Crippen LogP contribution in [0.15, 0.2) is 97.1 Å². The second-order valence-electron chi connectivity index (χ2n) is 20.0. The van der Waals surface area contributed by atoms with Gasteiger partial charge in [-0.2, -0.15) is 0 Å². The van der Waals surface area contributed by atoms with Crippen molar-refractivity contribution in [2.24, 2.45) is 0 Å². The van der Waals surface area contributed by atoms with Crippen molar-refractivity contribution in [2.75, 3.05) is 93.5 Å². The van der Waals surface area contributed by atoms with E-state index in [-0.39, 0.29) is 35.8 Å². The van der Waals surface area contributed by atoms with Gasteiger partial charge in [0.15, 0.2) is 0 Å². The lowest BCUT2D eigenvalue weighted by Gasteiger charge is -2.22. The molecule has 0 aliphatic rings. The van der Waals surface area contributed by atoms with Gasteiger partial charge in [0, 0.05) is 25.3 Å². The molecule has 0 unspecified atom stereocenters. The van der Waals surface area contributed by atoms with E-state index in [4.69, 9.17) is 37.9 Å². The number of aromatic hydroxyl groups is 2. The molecule has 4 N–H and O–H groups in total. The molecule has 7 rings (SSSR count). The maximum Gasteiger partial charge on any atom is 0.339 e. The Kier molecular flexibility index (Phi) is 21.1. The number of phenols is 2. The SMILES string of the molecule is COCCOCCOCCOc1cc(-c2cc(C)c(-c3cc(C)c(-c4ccc(C(=O)O)c(O)c4)cc3C)cc2C)c(OCCOCCOCCOC)cc1-c1cc(C)c(-c2cc(C)c(-c3ccc(C(=O)O)c(O)c3)cc2C)cc1C. The number of carbonyl (C=O) groups is 2. The van der Waals surface area contributed by atoms with Crippen molar-refractivity contribution in [2.45, 2.75) is 55.4 Å². The quantitative estimate of drug-likeness (QED) is 0.0339. The highest BCUT2D eigenvalue weighted by molar-refractivity contribution is 5.93. The highest BCUT2D eigenvalue weighted by Crippen LogP contribution is 2.46. The van der Waals surface area contributed by atoms with Crippen molar-refractivity contribution in [3.05, 3.63) is 153 Å². The summed E-state index contributed by atoms with van der Waals surface area (Å²) in [5, 5.41) is 40.1. The standard InChI is InChI=1S/C66H74O14/c1-39-29-53(41(3)27-51(39)47-11-13-49(65(69)70)61(67)35-47)55-31-45(7)57(33-43(55)5)59-37-64(80-26-24-78-22-20-76-18-16-74-10)60(38-63(59)79-25-23-77-21-19-75-17-15-73-9)58-34-44(6)56(32-46(58)8)54-30-40(2)52(28-42(54)4)48-12-14-50(66(71)72)62(68)36-48/h11-14,27-38,67-68H,15-26H2,1-10H3,(H,69,70)(H,71,72). The fourth-order valence-electron chi connectivity index (χ4n) is 9.96. The molecule has 0 saturated heterocycles. The van der Waals surface area contributed by atoms with Gasteiger partial charge in [-0.05, 0) is 192 Å². The summed E-state index contributed by atoms with van der Waals surface area (Å²) in [5.74, 6) is -1.65. The summed E-state index contributed by atoms with van der Waals surface area (Å²) in [4.78, 5) is 23.3. The zero-order valence-electron chi connectivity index (χ0n) is 47.6. The van der Waals surface area contributed by atoms with Gasteiger partial charge in [0.2, 0.25) is 0 Å². The summed E-state index contributed by atoms with van der Waals surface area (Å²) in [7, 11) is 3.27. The first kappa shape index (κ1) is 60.1. The fourth-order valence-corrected chi connectivity index (χ4v) is 9.96. The molecule has 422 valence electrons. The van der Waals surface area contributed by atoms with E-state index in [1.165, 1.54) is 24.3 Å². The Bertz CT molecular complexity index is 3120. The molecule has 0 fully saturated rings. The third kappa shape index (κ3) is 14.6. The van der Waals surface area contributed by atoms with E-state index in [1.54, 1.807) is 26.4 Å². The van der Waals surface area contributed by atoms with Crippen LogP contribution in [-0.4, -0.2) is 126 Å². The van der Waals surface area contributed by atoms with Gasteiger partial charge in [0.05, 0.1) is 66.1 Å². The van der Waals surface area contributed by atoms with Gasteiger partial charge in [0.1, 0.15) is 47.3 Å². The summed E-state index contributed by atoms with van der Waals surface area (Å²) < 4.78 is 46.9. The smallest absolute Gasteiger partial charge is 0.339 e. The molecule has 0 aromatic heterocycles. The van der Waals surface area contributed by atoms with Crippen molar-refractivity contribution in [3.8, 4) is 89.8 Å². The Morgan fingerprint density at radius 1 is 0.325 bits per heavy atom. The third-order valence-electron chi connectivity index (χ3n) is 14.2. The van der Waals surface area contributed by atoms with Crippen LogP contribution in [0.25, 0.3) is 66.8 Å². The van der Waals surface area contributed by atoms with E-state index in [0.29, 0.717) is 77.6 Å². The van der Waals surface area contributed by atoms with E-state index < -0.39 is 11.9 Å². The van der Waals surface area contributed by atoms with Gasteiger partial charge >= 0.3 is 11.9 Å². The van der Waals surface area contributed by atoms with E-state index in [0.717, 1.165) is 111 Å². The van der Waals surface area contributed by atoms with E-state index in [2.05, 4.69) is 102 Å². The number of hydrogen-bond donors (Lipinski definition) is 4. The number of methoxy groups -OCH3 is 2. The highest BCUT2D eigenvalue weighted by Gasteiger charge is 2.23. The Morgan fingerprint density at radius 3 is 0.850 bits per heavy atom. The second-order valence-corrected chi connectivity index (χ2v) is 20.0. The molecule has 7 aromatic carbocycles. The molecule has 14 nitrogen and oxygen atoms in total. The summed E-state index contributed by atoms with van der Waals surface area (Å²) in [5.41, 5.74) is 18.8. The molecule has 7 aromatic rings. The first-order valence-corrected chi connectivity index (χ1v) is 26.7. The van der Waals surface area contributed by atoms with Crippen molar-refractivity contribution in [3.63, 3.8) is 0 Å². The van der Waals surface area contributed by atoms with Gasteiger partial charge < -0.3 is 58.3 Å². The number of carboxylic acids is 2. The third-order valence-corrected chi connectivity index (χ3v) is 14.2. The van der Waals surface area contributed by atoms with Crippen LogP contribution in [-0.2, 0) is 28.4 Å². The zero-order valence-corrected chi connectivity index (χ0v) is 47.6. The summed E-state index contributed by atoms with van der Waals surface area (Å²) in [6.45, 7) is 21.3. The van der Waals surface area contributed by atoms with E-state index in [9.17, 15) is 30.0 Å². The van der Waals surface area contributed by atoms with Crippen LogP contribution in [0.2, 0.25) is 0 Å². The Hall–Kier alpha value is -7.56. The normalized spacial score (nSPS) is 11.3. The van der Waals surface area contributed by atoms with Crippen LogP contribution in [0.3, 0.4) is 0 Å². The van der Waals surface area contributed by atoms with Crippen LogP contribution in [0, 0.1) is 55.4 Å². The maximum atomic E-state index is 11.6. The average Bonchev–Trinajstić information content (AvgIpc) is 3.53. The molecule has 0 heterocycles. The Balaban J connectivity index is 1.29. The molecule has 0 atom stereocenters. The van der Waals surface area contributed by atoms with Gasteiger partial charge in [-0.3, -0.25) is 0 Å². The van der Waals surface area contributed by atoms with Crippen LogP contribution >= 0.6 is 0 Å². The molecule has 0 radical (unpaired) electrons. The number of carboxylic acid groups (broad SMARTS) is 2. The number of hydrogen-bond acceptors (Lipinski definition) is 12. The lowest BCUT2D eigenvalue weighted by molar-refractivity contribution is 0.0178. The van der Waals surface area contributed by atoms with Crippen LogP contribution in [0.1, 0.15) is 65.2 Å². The minimum atomic E-state index is -1.19. The first-order valence-electron chi connectivity index (χ1n) is 26.7. The van der Waals surface area contributed by atoms with E-state index >= 15 is 0 Å². The van der Waals surface area contributed by atoms with Crippen LogP contribution in [0.5, 0.6) is 23.0 Å². The zero-order chi connectivity index (χ0) is 57.6. The molecule has 0 aliphatic heterocycles. The molecular weight excluding hydrogens is 1020 g/mol. The minimum Gasteiger partial charge on any atom is -0.507 e. The van der Waals surface area contributed by atoms with Crippen molar-refractivity contribution in [1.82, 2.24) is 0 Å². The summed E-state index contributed by atoms with van der Waals surface area (Å²) in [6, 6.07) is 30.7. The second kappa shape index (κ2) is 28.0. The number of rotatable bonds is 28. The molecule has 0 amide bonds. The molecule has 0 bridgehead atoms. The largest absolute Gasteiger partial charge is 0.507 e. The van der Waals surface area contributed by atoms with Crippen molar-refractivity contribution >= 4 is 11.9 Å². The predicted molar refractivity (Wildman–Crippen MR) is 312 cm³/mol. The minimum absolute atomic E-state index is 0.149. The van der Waals surface area contributed by atoms with Crippen LogP contribution < -0.4 is 9.47 Å². The molecule has 14 heteroatoms. The number of aryl methyl sites for hydroxylation is 8. The molecular formula is C66H74O14. The Labute approximate surface area is 469 Å². The fraction of sp³-hybridized carbons (Fsp3) is 0.333. The van der Waals surface area contributed by atoms with Gasteiger partial charge in [0.25, 0.3) is 0 Å². The predicted octanol–water partition coefficient (Wildman–Crippen LogP) is 13.1. The van der Waals surface area contributed by atoms with E-state index in [1.807, 2.05) is 13.8 Å².